The van der Waals surface area contributed by atoms with E-state index in [0.717, 1.165) is 24.3 Å². The largest absolute Gasteiger partial charge is 0.493 e. The summed E-state index contributed by atoms with van der Waals surface area (Å²) in [7, 11) is 0. The van der Waals surface area contributed by atoms with Gasteiger partial charge in [-0.15, -0.1) is 0 Å². The molecule has 80 valence electrons. The maximum Gasteiger partial charge on any atom is 0.127 e. The molecule has 0 spiro atoms. The van der Waals surface area contributed by atoms with Crippen LogP contribution in [0.15, 0.2) is 18.2 Å². The number of hydrogen-bond donors (Lipinski definition) is 2. The van der Waals surface area contributed by atoms with Gasteiger partial charge in [-0.3, -0.25) is 0 Å². The molecule has 1 aromatic rings. The minimum Gasteiger partial charge on any atom is -0.493 e. The van der Waals surface area contributed by atoms with Gasteiger partial charge in [0.2, 0.25) is 0 Å². The Kier molecular flexibility index (Phi) is 1.82. The summed E-state index contributed by atoms with van der Waals surface area (Å²) >= 11 is 0. The molecule has 2 aliphatic rings. The van der Waals surface area contributed by atoms with E-state index in [1.54, 1.807) is 0 Å². The lowest BCUT2D eigenvalue weighted by Gasteiger charge is -2.43. The van der Waals surface area contributed by atoms with Crippen LogP contribution in [-0.4, -0.2) is 17.8 Å². The van der Waals surface area contributed by atoms with E-state index in [2.05, 4.69) is 6.07 Å². The zero-order valence-corrected chi connectivity index (χ0v) is 8.57. The maximum absolute atomic E-state index is 9.37. The molecule has 0 atom stereocenters. The van der Waals surface area contributed by atoms with E-state index in [9.17, 15) is 5.11 Å². The van der Waals surface area contributed by atoms with Crippen molar-refractivity contribution in [1.29, 1.82) is 0 Å². The molecule has 0 saturated heterocycles. The number of benzene rings is 1. The summed E-state index contributed by atoms with van der Waals surface area (Å²) in [5.41, 5.74) is 8.20. The Labute approximate surface area is 88.9 Å². The van der Waals surface area contributed by atoms with Crippen LogP contribution in [0, 0.1) is 0 Å². The molecular weight excluding hydrogens is 190 g/mol. The van der Waals surface area contributed by atoms with Gasteiger partial charge in [0.1, 0.15) is 5.75 Å². The Balaban J connectivity index is 2.02. The molecule has 15 heavy (non-hydrogen) atoms. The quantitative estimate of drug-likeness (QED) is 0.717. The van der Waals surface area contributed by atoms with Crippen LogP contribution in [0.2, 0.25) is 0 Å². The van der Waals surface area contributed by atoms with E-state index in [-0.39, 0.29) is 11.6 Å². The summed E-state index contributed by atoms with van der Waals surface area (Å²) in [6.45, 7) is 0.755. The summed E-state index contributed by atoms with van der Waals surface area (Å²) in [6, 6.07) is 6.14. The van der Waals surface area contributed by atoms with Crippen LogP contribution >= 0.6 is 0 Å². The summed E-state index contributed by atoms with van der Waals surface area (Å²) in [5.74, 6) is 0.965. The van der Waals surface area contributed by atoms with E-state index < -0.39 is 0 Å². The van der Waals surface area contributed by atoms with Gasteiger partial charge in [0.25, 0.3) is 0 Å². The van der Waals surface area contributed by atoms with Crippen LogP contribution in [0.3, 0.4) is 0 Å². The molecule has 1 heterocycles. The van der Waals surface area contributed by atoms with Crippen molar-refractivity contribution in [2.75, 3.05) is 6.61 Å². The van der Waals surface area contributed by atoms with Crippen LogP contribution in [0.1, 0.15) is 24.0 Å². The molecule has 1 fully saturated rings. The zero-order chi connectivity index (χ0) is 10.5. The van der Waals surface area contributed by atoms with Gasteiger partial charge in [0.15, 0.2) is 0 Å². The Morgan fingerprint density at radius 2 is 2.20 bits per heavy atom. The third kappa shape index (κ3) is 1.27. The predicted octanol–water partition coefficient (Wildman–Crippen LogP) is 0.930. The van der Waals surface area contributed by atoms with Crippen LogP contribution in [-0.2, 0) is 12.0 Å². The first-order chi connectivity index (χ1) is 7.19. The fraction of sp³-hybridized carbons (Fsp3) is 0.500. The molecule has 0 aromatic heterocycles. The second-order valence-corrected chi connectivity index (χ2v) is 4.61. The van der Waals surface area contributed by atoms with Gasteiger partial charge < -0.3 is 15.6 Å². The van der Waals surface area contributed by atoms with E-state index >= 15 is 0 Å². The molecule has 1 aliphatic carbocycles. The molecular formula is C12H15NO2. The fourth-order valence-electron chi connectivity index (χ4n) is 2.61. The molecule has 3 heteroatoms. The zero-order valence-electron chi connectivity index (χ0n) is 8.57. The van der Waals surface area contributed by atoms with Gasteiger partial charge in [0.05, 0.1) is 12.7 Å². The molecule has 3 N–H and O–H groups in total. The average molecular weight is 205 g/mol. The van der Waals surface area contributed by atoms with E-state index in [4.69, 9.17) is 10.5 Å². The lowest BCUT2D eigenvalue weighted by molar-refractivity contribution is 0.0198. The number of hydrogen-bond acceptors (Lipinski definition) is 3. The van der Waals surface area contributed by atoms with Crippen LogP contribution in [0.5, 0.6) is 5.75 Å². The predicted molar refractivity (Wildman–Crippen MR) is 56.7 cm³/mol. The minimum atomic E-state index is -0.366. The molecule has 0 amide bonds. The Hall–Kier alpha value is -1.06. The lowest BCUT2D eigenvalue weighted by atomic mass is 9.70. The number of para-hydroxylation sites is 1. The van der Waals surface area contributed by atoms with E-state index in [1.165, 1.54) is 5.56 Å². The van der Waals surface area contributed by atoms with Crippen molar-refractivity contribution in [3.63, 3.8) is 0 Å². The fourth-order valence-corrected chi connectivity index (χ4v) is 2.61. The molecule has 1 aliphatic heterocycles. The normalized spacial score (nSPS) is 33.1. The van der Waals surface area contributed by atoms with Gasteiger partial charge in [0, 0.05) is 17.5 Å². The van der Waals surface area contributed by atoms with Crippen molar-refractivity contribution in [2.45, 2.75) is 30.9 Å². The van der Waals surface area contributed by atoms with E-state index in [1.807, 2.05) is 12.1 Å². The van der Waals surface area contributed by atoms with Gasteiger partial charge in [-0.1, -0.05) is 18.2 Å². The smallest absolute Gasteiger partial charge is 0.127 e. The van der Waals surface area contributed by atoms with Crippen molar-refractivity contribution in [1.82, 2.24) is 0 Å². The molecule has 1 aromatic carbocycles. The summed E-state index contributed by atoms with van der Waals surface area (Å²) < 4.78 is 5.63. The summed E-state index contributed by atoms with van der Waals surface area (Å²) in [5, 5.41) is 9.37. The third-order valence-electron chi connectivity index (χ3n) is 3.45. The third-order valence-corrected chi connectivity index (χ3v) is 3.45. The van der Waals surface area contributed by atoms with Crippen molar-refractivity contribution in [3.8, 4) is 5.75 Å². The van der Waals surface area contributed by atoms with Gasteiger partial charge >= 0.3 is 0 Å². The number of aliphatic hydroxyl groups is 1. The second-order valence-electron chi connectivity index (χ2n) is 4.61. The highest BCUT2D eigenvalue weighted by Gasteiger charge is 2.44. The highest BCUT2D eigenvalue weighted by molar-refractivity contribution is 5.48. The average Bonchev–Trinajstić information content (AvgIpc) is 2.62. The summed E-state index contributed by atoms with van der Waals surface area (Å²) in [4.78, 5) is 0. The minimum absolute atomic E-state index is 0.243. The Bertz CT molecular complexity index is 397. The first-order valence-electron chi connectivity index (χ1n) is 5.41. The monoisotopic (exact) mass is 205 g/mol. The topological polar surface area (TPSA) is 55.5 Å². The Morgan fingerprint density at radius 3 is 2.93 bits per heavy atom. The molecule has 0 bridgehead atoms. The lowest BCUT2D eigenvalue weighted by Crippen LogP contribution is -2.51. The number of aliphatic hydroxyl groups excluding tert-OH is 1. The first kappa shape index (κ1) is 9.19. The number of nitrogens with two attached hydrogens (primary N) is 1. The van der Waals surface area contributed by atoms with Gasteiger partial charge in [-0.25, -0.2) is 0 Å². The molecule has 1 saturated carbocycles. The highest BCUT2D eigenvalue weighted by Crippen LogP contribution is 2.45. The number of fused-ring (bicyclic) bond motifs is 1. The van der Waals surface area contributed by atoms with Crippen molar-refractivity contribution in [2.24, 2.45) is 5.73 Å². The standard InChI is InChI=1S/C12H15NO2/c13-12(6-9(14)7-12)10-3-1-2-8-4-5-15-11(8)10/h1-3,9,14H,4-7,13H2. The van der Waals surface area contributed by atoms with Gasteiger partial charge in [-0.05, 0) is 18.4 Å². The van der Waals surface area contributed by atoms with Gasteiger partial charge in [-0.2, -0.15) is 0 Å². The van der Waals surface area contributed by atoms with E-state index in [0.29, 0.717) is 12.8 Å². The molecule has 3 nitrogen and oxygen atoms in total. The molecule has 0 unspecified atom stereocenters. The van der Waals surface area contributed by atoms with Crippen molar-refractivity contribution >= 4 is 0 Å². The van der Waals surface area contributed by atoms with Crippen LogP contribution in [0.4, 0.5) is 0 Å². The first-order valence-corrected chi connectivity index (χ1v) is 5.41. The van der Waals surface area contributed by atoms with Crippen molar-refractivity contribution in [3.05, 3.63) is 29.3 Å². The van der Waals surface area contributed by atoms with Crippen LogP contribution < -0.4 is 10.5 Å². The van der Waals surface area contributed by atoms with Crippen LogP contribution in [0.25, 0.3) is 0 Å². The second kappa shape index (κ2) is 2.97. The SMILES string of the molecule is NC1(c2cccc3c2OCC3)CC(O)C1. The molecule has 0 radical (unpaired) electrons. The number of rotatable bonds is 1. The van der Waals surface area contributed by atoms with Crippen molar-refractivity contribution < 1.29 is 9.84 Å². The maximum atomic E-state index is 9.37. The number of ether oxygens (including phenoxy) is 1. The molecule has 3 rings (SSSR count). The Morgan fingerprint density at radius 1 is 1.40 bits per heavy atom. The highest BCUT2D eigenvalue weighted by atomic mass is 16.5. The summed E-state index contributed by atoms with van der Waals surface area (Å²) in [6.07, 6.45) is 2.02.